The third-order valence-electron chi connectivity index (χ3n) is 3.56. The quantitative estimate of drug-likeness (QED) is 0.648. The molecule has 0 saturated heterocycles. The van der Waals surface area contributed by atoms with Crippen LogP contribution in [0.15, 0.2) is 48.5 Å². The number of nitrogens with zero attached hydrogens (tertiary/aromatic N) is 2. The Bertz CT molecular complexity index is 781. The summed E-state index contributed by atoms with van der Waals surface area (Å²) in [5.41, 5.74) is 3.40. The Kier molecular flexibility index (Phi) is 3.50. The van der Waals surface area contributed by atoms with Crippen molar-refractivity contribution in [3.8, 4) is 0 Å². The Morgan fingerprint density at radius 1 is 1.05 bits per heavy atom. The van der Waals surface area contributed by atoms with E-state index in [-0.39, 0.29) is 5.41 Å². The molecule has 1 heterocycles. The van der Waals surface area contributed by atoms with E-state index in [1.54, 1.807) is 0 Å². The number of hydrogen-bond acceptors (Lipinski definition) is 1. The highest BCUT2D eigenvalue weighted by Crippen LogP contribution is 2.27. The van der Waals surface area contributed by atoms with Gasteiger partial charge in [-0.15, -0.1) is 0 Å². The molecule has 0 N–H and O–H groups in total. The number of imidazole rings is 1. The van der Waals surface area contributed by atoms with Crippen LogP contribution in [-0.2, 0) is 12.0 Å². The summed E-state index contributed by atoms with van der Waals surface area (Å²) < 4.78 is 2.29. The molecular formula is C18H19ClN2. The van der Waals surface area contributed by atoms with Gasteiger partial charge in [0.2, 0.25) is 0 Å². The van der Waals surface area contributed by atoms with Crippen LogP contribution in [0.1, 0.15) is 32.2 Å². The fourth-order valence-electron chi connectivity index (χ4n) is 2.63. The fraction of sp³-hybridized carbons (Fsp3) is 0.278. The monoisotopic (exact) mass is 298 g/mol. The van der Waals surface area contributed by atoms with Crippen LogP contribution in [0.2, 0.25) is 5.02 Å². The summed E-state index contributed by atoms with van der Waals surface area (Å²) in [6, 6.07) is 16.3. The molecular weight excluding hydrogens is 280 g/mol. The standard InChI is InChI=1S/C18H19ClN2/c1-18(2,3)17-20-15-9-4-5-10-16(15)21(17)12-13-7-6-8-14(19)11-13/h4-11H,12H2,1-3H3. The minimum absolute atomic E-state index is 0.00239. The predicted molar refractivity (Wildman–Crippen MR) is 89.0 cm³/mol. The lowest BCUT2D eigenvalue weighted by Gasteiger charge is -2.20. The lowest BCUT2D eigenvalue weighted by Crippen LogP contribution is -2.19. The van der Waals surface area contributed by atoms with Crippen LogP contribution in [0.5, 0.6) is 0 Å². The van der Waals surface area contributed by atoms with E-state index in [0.717, 1.165) is 22.9 Å². The molecule has 0 saturated carbocycles. The zero-order valence-electron chi connectivity index (χ0n) is 12.6. The van der Waals surface area contributed by atoms with Crippen LogP contribution < -0.4 is 0 Å². The summed E-state index contributed by atoms with van der Waals surface area (Å²) in [6.07, 6.45) is 0. The van der Waals surface area contributed by atoms with Gasteiger partial charge >= 0.3 is 0 Å². The SMILES string of the molecule is CC(C)(C)c1nc2ccccc2n1Cc1cccc(Cl)c1. The highest BCUT2D eigenvalue weighted by atomic mass is 35.5. The van der Waals surface area contributed by atoms with Gasteiger partial charge < -0.3 is 4.57 Å². The molecule has 0 aliphatic rings. The van der Waals surface area contributed by atoms with E-state index in [0.29, 0.717) is 0 Å². The lowest BCUT2D eigenvalue weighted by molar-refractivity contribution is 0.516. The number of benzene rings is 2. The third-order valence-corrected chi connectivity index (χ3v) is 3.79. The maximum Gasteiger partial charge on any atom is 0.115 e. The minimum atomic E-state index is -0.00239. The molecule has 1 aromatic heterocycles. The Labute approximate surface area is 130 Å². The molecule has 0 spiro atoms. The number of rotatable bonds is 2. The summed E-state index contributed by atoms with van der Waals surface area (Å²) >= 11 is 6.11. The van der Waals surface area contributed by atoms with Crippen molar-refractivity contribution in [3.63, 3.8) is 0 Å². The smallest absolute Gasteiger partial charge is 0.115 e. The Morgan fingerprint density at radius 3 is 2.52 bits per heavy atom. The van der Waals surface area contributed by atoms with Crippen molar-refractivity contribution in [2.75, 3.05) is 0 Å². The normalized spacial score (nSPS) is 12.0. The first-order valence-corrected chi connectivity index (χ1v) is 7.53. The highest BCUT2D eigenvalue weighted by Gasteiger charge is 2.22. The molecule has 0 aliphatic carbocycles. The van der Waals surface area contributed by atoms with Gasteiger partial charge in [-0.05, 0) is 29.8 Å². The topological polar surface area (TPSA) is 17.8 Å². The van der Waals surface area contributed by atoms with Gasteiger partial charge in [0.05, 0.1) is 11.0 Å². The zero-order chi connectivity index (χ0) is 15.0. The molecule has 21 heavy (non-hydrogen) atoms. The molecule has 0 fully saturated rings. The molecule has 0 bridgehead atoms. The van der Waals surface area contributed by atoms with Crippen molar-refractivity contribution in [1.82, 2.24) is 9.55 Å². The van der Waals surface area contributed by atoms with Crippen molar-refractivity contribution < 1.29 is 0 Å². The van der Waals surface area contributed by atoms with Crippen molar-refractivity contribution in [1.29, 1.82) is 0 Å². The van der Waals surface area contributed by atoms with Crippen LogP contribution in [-0.4, -0.2) is 9.55 Å². The van der Waals surface area contributed by atoms with E-state index in [1.807, 2.05) is 24.3 Å². The molecule has 3 aromatic rings. The van der Waals surface area contributed by atoms with E-state index in [4.69, 9.17) is 16.6 Å². The molecule has 2 nitrogen and oxygen atoms in total. The maximum atomic E-state index is 6.11. The lowest BCUT2D eigenvalue weighted by atomic mass is 9.95. The molecule has 0 amide bonds. The van der Waals surface area contributed by atoms with Crippen LogP contribution in [0.4, 0.5) is 0 Å². The van der Waals surface area contributed by atoms with Gasteiger partial charge in [0.1, 0.15) is 5.82 Å². The second kappa shape index (κ2) is 5.19. The molecule has 3 rings (SSSR count). The number of hydrogen-bond donors (Lipinski definition) is 0. The summed E-state index contributed by atoms with van der Waals surface area (Å²) in [5, 5.41) is 0.772. The molecule has 3 heteroatoms. The average Bonchev–Trinajstić information content (AvgIpc) is 2.78. The van der Waals surface area contributed by atoms with Crippen molar-refractivity contribution >= 4 is 22.6 Å². The Hall–Kier alpha value is -1.80. The van der Waals surface area contributed by atoms with Gasteiger partial charge in [-0.25, -0.2) is 4.98 Å². The van der Waals surface area contributed by atoms with E-state index in [9.17, 15) is 0 Å². The zero-order valence-corrected chi connectivity index (χ0v) is 13.4. The first-order chi connectivity index (χ1) is 9.95. The van der Waals surface area contributed by atoms with Gasteiger partial charge in [0.15, 0.2) is 0 Å². The first kappa shape index (κ1) is 14.2. The first-order valence-electron chi connectivity index (χ1n) is 7.15. The van der Waals surface area contributed by atoms with Crippen LogP contribution in [0, 0.1) is 0 Å². The maximum absolute atomic E-state index is 6.11. The Morgan fingerprint density at radius 2 is 1.81 bits per heavy atom. The van der Waals surface area contributed by atoms with Crippen LogP contribution >= 0.6 is 11.6 Å². The van der Waals surface area contributed by atoms with E-state index in [2.05, 4.69) is 49.6 Å². The molecule has 0 atom stereocenters. The van der Waals surface area contributed by atoms with Crippen LogP contribution in [0.25, 0.3) is 11.0 Å². The summed E-state index contributed by atoms with van der Waals surface area (Å²) in [7, 11) is 0. The van der Waals surface area contributed by atoms with Gasteiger partial charge in [0, 0.05) is 17.0 Å². The molecule has 108 valence electrons. The summed E-state index contributed by atoms with van der Waals surface area (Å²) in [5.74, 6) is 1.10. The second-order valence-corrected chi connectivity index (χ2v) is 6.83. The highest BCUT2D eigenvalue weighted by molar-refractivity contribution is 6.30. The summed E-state index contributed by atoms with van der Waals surface area (Å²) in [4.78, 5) is 4.83. The minimum Gasteiger partial charge on any atom is -0.323 e. The van der Waals surface area contributed by atoms with Gasteiger partial charge in [-0.3, -0.25) is 0 Å². The summed E-state index contributed by atoms with van der Waals surface area (Å²) in [6.45, 7) is 7.38. The number of halogens is 1. The second-order valence-electron chi connectivity index (χ2n) is 6.39. The number of aromatic nitrogens is 2. The largest absolute Gasteiger partial charge is 0.323 e. The van der Waals surface area contributed by atoms with E-state index < -0.39 is 0 Å². The van der Waals surface area contributed by atoms with E-state index in [1.165, 1.54) is 11.1 Å². The van der Waals surface area contributed by atoms with Gasteiger partial charge in [-0.1, -0.05) is 56.6 Å². The van der Waals surface area contributed by atoms with Crippen molar-refractivity contribution in [3.05, 3.63) is 64.9 Å². The molecule has 0 radical (unpaired) electrons. The van der Waals surface area contributed by atoms with Gasteiger partial charge in [-0.2, -0.15) is 0 Å². The fourth-order valence-corrected chi connectivity index (χ4v) is 2.84. The number of fused-ring (bicyclic) bond motifs is 1. The van der Waals surface area contributed by atoms with Crippen LogP contribution in [0.3, 0.4) is 0 Å². The van der Waals surface area contributed by atoms with Crippen molar-refractivity contribution in [2.45, 2.75) is 32.7 Å². The predicted octanol–water partition coefficient (Wildman–Crippen LogP) is 5.04. The number of para-hydroxylation sites is 2. The molecule has 0 aliphatic heterocycles. The van der Waals surface area contributed by atoms with Gasteiger partial charge in [0.25, 0.3) is 0 Å². The third kappa shape index (κ3) is 2.81. The molecule has 2 aromatic carbocycles. The van der Waals surface area contributed by atoms with E-state index >= 15 is 0 Å². The molecule has 0 unspecified atom stereocenters. The van der Waals surface area contributed by atoms with Crippen molar-refractivity contribution in [2.24, 2.45) is 0 Å². The Balaban J connectivity index is 2.15. The average molecular weight is 299 g/mol.